The molecule has 1 atom stereocenters. The van der Waals surface area contributed by atoms with Crippen LogP contribution in [-0.4, -0.2) is 42.8 Å². The summed E-state index contributed by atoms with van der Waals surface area (Å²) < 4.78 is 8.46. The third kappa shape index (κ3) is 2.87. The van der Waals surface area contributed by atoms with Gasteiger partial charge in [-0.3, -0.25) is 9.36 Å². The smallest absolute Gasteiger partial charge is 0.284 e. The van der Waals surface area contributed by atoms with Gasteiger partial charge in [-0.25, -0.2) is 14.5 Å². The number of ether oxygens (including phenoxy) is 1. The Labute approximate surface area is 197 Å². The van der Waals surface area contributed by atoms with E-state index in [0.717, 1.165) is 6.42 Å². The van der Waals surface area contributed by atoms with Gasteiger partial charge in [0.1, 0.15) is 35.1 Å². The van der Waals surface area contributed by atoms with Crippen molar-refractivity contribution in [3.8, 4) is 17.5 Å². The first-order valence-electron chi connectivity index (χ1n) is 10.5. The van der Waals surface area contributed by atoms with Gasteiger partial charge in [0.05, 0.1) is 34.8 Å². The average Bonchev–Trinajstić information content (AvgIpc) is 3.42. The molecule has 1 fully saturated rings. The predicted octanol–water partition coefficient (Wildman–Crippen LogP) is 3.24. The summed E-state index contributed by atoms with van der Waals surface area (Å²) >= 11 is 6.33. The highest BCUT2D eigenvalue weighted by Gasteiger charge is 2.37. The van der Waals surface area contributed by atoms with Crippen molar-refractivity contribution in [3.63, 3.8) is 0 Å². The number of nitriles is 1. The molecule has 0 amide bonds. The number of fused-ring (bicyclic) bond motifs is 2. The van der Waals surface area contributed by atoms with E-state index in [1.165, 1.54) is 10.8 Å². The fraction of sp³-hybridized carbons (Fsp3) is 0.174. The Morgan fingerprint density at radius 1 is 1.29 bits per heavy atom. The van der Waals surface area contributed by atoms with Gasteiger partial charge in [-0.15, -0.1) is 0 Å². The van der Waals surface area contributed by atoms with Crippen LogP contribution in [0.25, 0.3) is 22.2 Å². The molecule has 11 heteroatoms. The van der Waals surface area contributed by atoms with Crippen LogP contribution >= 0.6 is 11.6 Å². The molecule has 0 unspecified atom stereocenters. The summed E-state index contributed by atoms with van der Waals surface area (Å²) in [6.45, 7) is 0.686. The molecule has 0 aliphatic carbocycles. The van der Waals surface area contributed by atoms with Crippen molar-refractivity contribution in [1.82, 2.24) is 29.1 Å². The van der Waals surface area contributed by atoms with E-state index in [2.05, 4.69) is 21.0 Å². The zero-order chi connectivity index (χ0) is 23.4. The van der Waals surface area contributed by atoms with E-state index in [1.54, 1.807) is 36.2 Å². The van der Waals surface area contributed by atoms with Gasteiger partial charge >= 0.3 is 0 Å². The molecule has 5 heterocycles. The number of rotatable bonds is 4. The molecular weight excluding hydrogens is 456 g/mol. The molecule has 0 saturated carbocycles. The van der Waals surface area contributed by atoms with Crippen LogP contribution in [0.2, 0.25) is 5.02 Å². The summed E-state index contributed by atoms with van der Waals surface area (Å²) in [4.78, 5) is 27.5. The zero-order valence-corrected chi connectivity index (χ0v) is 18.7. The van der Waals surface area contributed by atoms with E-state index >= 15 is 0 Å². The second-order valence-electron chi connectivity index (χ2n) is 7.89. The van der Waals surface area contributed by atoms with Crippen molar-refractivity contribution in [3.05, 3.63) is 75.8 Å². The van der Waals surface area contributed by atoms with Gasteiger partial charge in [0.2, 0.25) is 0 Å². The summed E-state index contributed by atoms with van der Waals surface area (Å²) in [6.07, 6.45) is 5.50. The van der Waals surface area contributed by atoms with Gasteiger partial charge in [-0.1, -0.05) is 17.7 Å². The molecule has 1 aliphatic heterocycles. The number of anilines is 1. The Morgan fingerprint density at radius 3 is 2.94 bits per heavy atom. The monoisotopic (exact) mass is 472 g/mol. The largest absolute Gasteiger partial charge is 0.497 e. The van der Waals surface area contributed by atoms with E-state index in [1.807, 2.05) is 23.1 Å². The second kappa shape index (κ2) is 7.60. The average molecular weight is 473 g/mol. The van der Waals surface area contributed by atoms with Crippen LogP contribution in [0.3, 0.4) is 0 Å². The standard InChI is InChI=1S/C23H17ClN8O2/c1-34-15-4-2-3-14(9-15)32-21(29-31-8-5-16(24)19(31)23(32)33)17-6-7-30(17)22-18-13(10-25)11-26-20(18)27-12-28-22/h2-5,8-9,11-12,17H,6-7H2,1H3,(H,26,27,28)/t17-/m0/s1. The van der Waals surface area contributed by atoms with Crippen LogP contribution in [0.15, 0.2) is 53.8 Å². The molecule has 6 rings (SSSR count). The maximum Gasteiger partial charge on any atom is 0.284 e. The van der Waals surface area contributed by atoms with Crippen LogP contribution in [0, 0.1) is 11.3 Å². The minimum absolute atomic E-state index is 0.260. The predicted molar refractivity (Wildman–Crippen MR) is 126 cm³/mol. The highest BCUT2D eigenvalue weighted by atomic mass is 35.5. The van der Waals surface area contributed by atoms with Gasteiger partial charge < -0.3 is 14.6 Å². The molecule has 0 radical (unpaired) electrons. The Balaban J connectivity index is 1.58. The lowest BCUT2D eigenvalue weighted by atomic mass is 10.0. The number of nitrogens with zero attached hydrogens (tertiary/aromatic N) is 7. The highest BCUT2D eigenvalue weighted by Crippen LogP contribution is 2.40. The fourth-order valence-electron chi connectivity index (χ4n) is 4.42. The van der Waals surface area contributed by atoms with Gasteiger partial charge in [-0.05, 0) is 24.6 Å². The minimum Gasteiger partial charge on any atom is -0.497 e. The molecular formula is C23H17ClN8O2. The van der Waals surface area contributed by atoms with Crippen molar-refractivity contribution in [1.29, 1.82) is 5.26 Å². The van der Waals surface area contributed by atoms with Gasteiger partial charge in [0.15, 0.2) is 5.82 Å². The Kier molecular flexibility index (Phi) is 4.53. The third-order valence-electron chi connectivity index (χ3n) is 6.13. The summed E-state index contributed by atoms with van der Waals surface area (Å²) in [6, 6.07) is 10.8. The molecule has 1 aliphatic rings. The lowest BCUT2D eigenvalue weighted by Crippen LogP contribution is -2.45. The normalized spacial score (nSPS) is 15.4. The molecule has 10 nitrogen and oxygen atoms in total. The number of methoxy groups -OCH3 is 1. The quantitative estimate of drug-likeness (QED) is 0.426. The van der Waals surface area contributed by atoms with Crippen molar-refractivity contribution in [2.75, 3.05) is 18.6 Å². The molecule has 0 bridgehead atoms. The number of benzene rings is 1. The van der Waals surface area contributed by atoms with Crippen molar-refractivity contribution < 1.29 is 4.74 Å². The lowest BCUT2D eigenvalue weighted by molar-refractivity contribution is 0.412. The van der Waals surface area contributed by atoms with Crippen molar-refractivity contribution in [2.45, 2.75) is 12.5 Å². The van der Waals surface area contributed by atoms with Gasteiger partial charge in [-0.2, -0.15) is 10.4 Å². The SMILES string of the molecule is COc1cccc(-n2c([C@@H]3CCN3c3ncnc4[nH]cc(C#N)c34)nn3ccc(Cl)c3c2=O)c1. The summed E-state index contributed by atoms with van der Waals surface area (Å²) in [5, 5.41) is 15.3. The van der Waals surface area contributed by atoms with Crippen LogP contribution in [0.5, 0.6) is 5.75 Å². The second-order valence-corrected chi connectivity index (χ2v) is 8.30. The number of aromatic nitrogens is 6. The number of nitrogens with one attached hydrogen (secondary N) is 1. The Hall–Kier alpha value is -4.36. The van der Waals surface area contributed by atoms with E-state index in [9.17, 15) is 10.1 Å². The van der Waals surface area contributed by atoms with Gasteiger partial charge in [0, 0.05) is 25.0 Å². The van der Waals surface area contributed by atoms with E-state index < -0.39 is 0 Å². The van der Waals surface area contributed by atoms with Crippen LogP contribution in [0.4, 0.5) is 5.82 Å². The third-order valence-corrected chi connectivity index (χ3v) is 6.44. The number of halogens is 1. The number of H-pyrrole nitrogens is 1. The number of aromatic amines is 1. The summed E-state index contributed by atoms with van der Waals surface area (Å²) in [7, 11) is 1.58. The first kappa shape index (κ1) is 20.3. The number of hydrogen-bond acceptors (Lipinski definition) is 7. The molecule has 168 valence electrons. The van der Waals surface area contributed by atoms with Crippen molar-refractivity contribution >= 4 is 34.0 Å². The first-order chi connectivity index (χ1) is 16.6. The highest BCUT2D eigenvalue weighted by molar-refractivity contribution is 6.33. The maximum absolute atomic E-state index is 13.7. The molecule has 1 aromatic carbocycles. The van der Waals surface area contributed by atoms with E-state index in [0.29, 0.717) is 56.8 Å². The van der Waals surface area contributed by atoms with Gasteiger partial charge in [0.25, 0.3) is 5.56 Å². The molecule has 1 N–H and O–H groups in total. The minimum atomic E-state index is -0.285. The first-order valence-corrected chi connectivity index (χ1v) is 10.9. The van der Waals surface area contributed by atoms with E-state index in [4.69, 9.17) is 21.4 Å². The molecule has 34 heavy (non-hydrogen) atoms. The maximum atomic E-state index is 13.7. The van der Waals surface area contributed by atoms with Crippen LogP contribution < -0.4 is 15.2 Å². The lowest BCUT2D eigenvalue weighted by Gasteiger charge is -2.42. The fourth-order valence-corrected chi connectivity index (χ4v) is 4.65. The topological polar surface area (TPSA) is 117 Å². The molecule has 4 aromatic heterocycles. The Bertz CT molecular complexity index is 1680. The van der Waals surface area contributed by atoms with Crippen LogP contribution in [0.1, 0.15) is 23.9 Å². The molecule has 0 spiro atoms. The molecule has 5 aromatic rings. The summed E-state index contributed by atoms with van der Waals surface area (Å²) in [5.74, 6) is 1.77. The van der Waals surface area contributed by atoms with E-state index in [-0.39, 0.29) is 11.6 Å². The Morgan fingerprint density at radius 2 is 2.18 bits per heavy atom. The van der Waals surface area contributed by atoms with Crippen molar-refractivity contribution in [2.24, 2.45) is 0 Å². The summed E-state index contributed by atoms with van der Waals surface area (Å²) in [5.41, 5.74) is 1.67. The molecule has 1 saturated heterocycles. The zero-order valence-electron chi connectivity index (χ0n) is 17.9. The number of hydrogen-bond donors (Lipinski definition) is 1. The van der Waals surface area contributed by atoms with Crippen LogP contribution in [-0.2, 0) is 0 Å².